The molecule has 0 fully saturated rings. The van der Waals surface area contributed by atoms with E-state index in [2.05, 4.69) is 26.6 Å². The van der Waals surface area contributed by atoms with Crippen LogP contribution in [0, 0.1) is 0 Å². The molecule has 0 saturated heterocycles. The van der Waals surface area contributed by atoms with E-state index in [0.717, 1.165) is 10.0 Å². The Kier molecular flexibility index (Phi) is 5.83. The number of carbonyl (C=O) groups is 1. The van der Waals surface area contributed by atoms with Crippen LogP contribution in [-0.4, -0.2) is 17.5 Å². The van der Waals surface area contributed by atoms with Crippen molar-refractivity contribution in [1.29, 1.82) is 0 Å². The van der Waals surface area contributed by atoms with E-state index in [1.54, 1.807) is 0 Å². The average molecular weight is 348 g/mol. The molecule has 0 bridgehead atoms. The minimum absolute atomic E-state index is 0.00397. The van der Waals surface area contributed by atoms with Gasteiger partial charge in [0.15, 0.2) is 0 Å². The Morgan fingerprint density at radius 2 is 2.05 bits per heavy atom. The molecule has 0 radical (unpaired) electrons. The van der Waals surface area contributed by atoms with E-state index < -0.39 is 0 Å². The molecule has 19 heavy (non-hydrogen) atoms. The summed E-state index contributed by atoms with van der Waals surface area (Å²) >= 11 is 9.37. The quantitative estimate of drug-likeness (QED) is 0.875. The molecule has 0 saturated carbocycles. The predicted molar refractivity (Wildman–Crippen MR) is 83.3 cm³/mol. The molecule has 5 heteroatoms. The van der Waals surface area contributed by atoms with Gasteiger partial charge in [0, 0.05) is 16.6 Å². The molecule has 1 atom stereocenters. The standard InChI is InChI=1S/C14H20BrClN2O/c1-9(13(19)18-14(2,3)4)17-8-10-5-6-11(15)12(16)7-10/h5-7,9,17H,8H2,1-4H3,(H,18,19). The van der Waals surface area contributed by atoms with Gasteiger partial charge in [0.05, 0.1) is 11.1 Å². The summed E-state index contributed by atoms with van der Waals surface area (Å²) in [4.78, 5) is 11.9. The number of nitrogens with one attached hydrogen (secondary N) is 2. The summed E-state index contributed by atoms with van der Waals surface area (Å²) < 4.78 is 0.872. The number of hydrogen-bond donors (Lipinski definition) is 2. The zero-order valence-corrected chi connectivity index (χ0v) is 14.0. The van der Waals surface area contributed by atoms with Gasteiger partial charge in [-0.05, 0) is 61.3 Å². The second kappa shape index (κ2) is 6.73. The number of rotatable bonds is 4. The van der Waals surface area contributed by atoms with Crippen molar-refractivity contribution in [1.82, 2.24) is 10.6 Å². The van der Waals surface area contributed by atoms with E-state index in [9.17, 15) is 4.79 Å². The van der Waals surface area contributed by atoms with Gasteiger partial charge >= 0.3 is 0 Å². The zero-order chi connectivity index (χ0) is 14.6. The fraction of sp³-hybridized carbons (Fsp3) is 0.500. The Balaban J connectivity index is 2.52. The number of carbonyl (C=O) groups excluding carboxylic acids is 1. The Bertz CT molecular complexity index is 457. The van der Waals surface area contributed by atoms with Crippen LogP contribution in [-0.2, 0) is 11.3 Å². The molecular formula is C14H20BrClN2O. The van der Waals surface area contributed by atoms with E-state index in [1.165, 1.54) is 0 Å². The lowest BCUT2D eigenvalue weighted by Gasteiger charge is -2.23. The first-order valence-electron chi connectivity index (χ1n) is 6.18. The van der Waals surface area contributed by atoms with Crippen LogP contribution in [0.1, 0.15) is 33.3 Å². The highest BCUT2D eigenvalue weighted by molar-refractivity contribution is 9.10. The highest BCUT2D eigenvalue weighted by atomic mass is 79.9. The number of hydrogen-bond acceptors (Lipinski definition) is 2. The highest BCUT2D eigenvalue weighted by Gasteiger charge is 2.18. The second-order valence-electron chi connectivity index (χ2n) is 5.59. The molecule has 2 N–H and O–H groups in total. The van der Waals surface area contributed by atoms with E-state index in [0.29, 0.717) is 11.6 Å². The molecule has 106 valence electrons. The predicted octanol–water partition coefficient (Wildman–Crippen LogP) is 3.50. The van der Waals surface area contributed by atoms with Crippen LogP contribution in [0.4, 0.5) is 0 Å². The van der Waals surface area contributed by atoms with Crippen molar-refractivity contribution in [3.63, 3.8) is 0 Å². The molecular weight excluding hydrogens is 328 g/mol. The van der Waals surface area contributed by atoms with Crippen LogP contribution >= 0.6 is 27.5 Å². The third-order valence-electron chi connectivity index (χ3n) is 2.49. The maximum absolute atomic E-state index is 11.9. The summed E-state index contributed by atoms with van der Waals surface area (Å²) in [5.74, 6) is -0.00397. The van der Waals surface area contributed by atoms with Gasteiger partial charge in [0.25, 0.3) is 0 Å². The topological polar surface area (TPSA) is 41.1 Å². The first-order chi connectivity index (χ1) is 8.69. The van der Waals surface area contributed by atoms with Gasteiger partial charge in [-0.15, -0.1) is 0 Å². The molecule has 1 rings (SSSR count). The molecule has 0 aliphatic heterocycles. The van der Waals surface area contributed by atoms with Crippen LogP contribution in [0.25, 0.3) is 0 Å². The first kappa shape index (κ1) is 16.5. The van der Waals surface area contributed by atoms with Crippen LogP contribution in [0.2, 0.25) is 5.02 Å². The Morgan fingerprint density at radius 3 is 2.58 bits per heavy atom. The fourth-order valence-corrected chi connectivity index (χ4v) is 1.94. The molecule has 1 amide bonds. The van der Waals surface area contributed by atoms with Crippen LogP contribution in [0.15, 0.2) is 22.7 Å². The van der Waals surface area contributed by atoms with Crippen LogP contribution in [0.5, 0.6) is 0 Å². The summed E-state index contributed by atoms with van der Waals surface area (Å²) in [6.45, 7) is 8.34. The van der Waals surface area contributed by atoms with Crippen molar-refractivity contribution < 1.29 is 4.79 Å². The van der Waals surface area contributed by atoms with Gasteiger partial charge in [-0.3, -0.25) is 4.79 Å². The van der Waals surface area contributed by atoms with Crippen LogP contribution in [0.3, 0.4) is 0 Å². The minimum Gasteiger partial charge on any atom is -0.350 e. The molecule has 1 aromatic rings. The van der Waals surface area contributed by atoms with Crippen molar-refractivity contribution in [2.45, 2.75) is 45.8 Å². The van der Waals surface area contributed by atoms with Gasteiger partial charge in [0.1, 0.15) is 0 Å². The molecule has 0 spiro atoms. The summed E-state index contributed by atoms with van der Waals surface area (Å²) in [6, 6.07) is 5.51. The zero-order valence-electron chi connectivity index (χ0n) is 11.7. The summed E-state index contributed by atoms with van der Waals surface area (Å²) in [5, 5.41) is 6.79. The molecule has 0 aliphatic rings. The largest absolute Gasteiger partial charge is 0.350 e. The molecule has 3 nitrogen and oxygen atoms in total. The Morgan fingerprint density at radius 1 is 1.42 bits per heavy atom. The van der Waals surface area contributed by atoms with Gasteiger partial charge in [-0.2, -0.15) is 0 Å². The lowest BCUT2D eigenvalue weighted by atomic mass is 10.1. The highest BCUT2D eigenvalue weighted by Crippen LogP contribution is 2.23. The third-order valence-corrected chi connectivity index (χ3v) is 3.72. The van der Waals surface area contributed by atoms with Crippen molar-refractivity contribution in [3.8, 4) is 0 Å². The fourth-order valence-electron chi connectivity index (χ4n) is 1.49. The van der Waals surface area contributed by atoms with E-state index >= 15 is 0 Å². The summed E-state index contributed by atoms with van der Waals surface area (Å²) in [6.07, 6.45) is 0. The van der Waals surface area contributed by atoms with E-state index in [1.807, 2.05) is 45.9 Å². The molecule has 0 aromatic heterocycles. The van der Waals surface area contributed by atoms with Gasteiger partial charge in [-0.1, -0.05) is 17.7 Å². The van der Waals surface area contributed by atoms with Gasteiger partial charge in [-0.25, -0.2) is 0 Å². The third kappa shape index (κ3) is 5.93. The Labute approximate surface area is 128 Å². The lowest BCUT2D eigenvalue weighted by Crippen LogP contribution is -2.49. The van der Waals surface area contributed by atoms with E-state index in [4.69, 9.17) is 11.6 Å². The average Bonchev–Trinajstić information content (AvgIpc) is 2.28. The normalized spacial score (nSPS) is 13.2. The maximum atomic E-state index is 11.9. The Hall–Kier alpha value is -0.580. The van der Waals surface area contributed by atoms with Crippen LogP contribution < -0.4 is 10.6 Å². The van der Waals surface area contributed by atoms with E-state index in [-0.39, 0.29) is 17.5 Å². The minimum atomic E-state index is -0.248. The summed E-state index contributed by atoms with van der Waals surface area (Å²) in [7, 11) is 0. The molecule has 0 heterocycles. The van der Waals surface area contributed by atoms with Crippen molar-refractivity contribution >= 4 is 33.4 Å². The lowest BCUT2D eigenvalue weighted by molar-refractivity contribution is -0.124. The SMILES string of the molecule is CC(NCc1ccc(Br)c(Cl)c1)C(=O)NC(C)(C)C. The smallest absolute Gasteiger partial charge is 0.237 e. The van der Waals surface area contributed by atoms with Gasteiger partial charge < -0.3 is 10.6 Å². The number of benzene rings is 1. The van der Waals surface area contributed by atoms with Crippen molar-refractivity contribution in [2.24, 2.45) is 0 Å². The molecule has 1 aromatic carbocycles. The van der Waals surface area contributed by atoms with Gasteiger partial charge in [0.2, 0.25) is 5.91 Å². The molecule has 1 unspecified atom stereocenters. The number of amides is 1. The maximum Gasteiger partial charge on any atom is 0.237 e. The van der Waals surface area contributed by atoms with Crippen molar-refractivity contribution in [2.75, 3.05) is 0 Å². The molecule has 0 aliphatic carbocycles. The monoisotopic (exact) mass is 346 g/mol. The second-order valence-corrected chi connectivity index (χ2v) is 6.85. The number of halogens is 2. The first-order valence-corrected chi connectivity index (χ1v) is 7.35. The summed E-state index contributed by atoms with van der Waals surface area (Å²) in [5.41, 5.74) is 0.831. The van der Waals surface area contributed by atoms with Crippen molar-refractivity contribution in [3.05, 3.63) is 33.3 Å².